The van der Waals surface area contributed by atoms with E-state index in [1.165, 1.54) is 0 Å². The fourth-order valence-corrected chi connectivity index (χ4v) is 2.06. The van der Waals surface area contributed by atoms with Crippen molar-refractivity contribution in [2.24, 2.45) is 0 Å². The van der Waals surface area contributed by atoms with E-state index in [0.717, 1.165) is 0 Å². The van der Waals surface area contributed by atoms with Gasteiger partial charge in [0.15, 0.2) is 11.5 Å². The molecule has 1 heterocycles. The summed E-state index contributed by atoms with van der Waals surface area (Å²) in [6, 6.07) is 5.28. The van der Waals surface area contributed by atoms with Gasteiger partial charge in [-0.2, -0.15) is 0 Å². The molecule has 1 aliphatic heterocycles. The summed E-state index contributed by atoms with van der Waals surface area (Å²) in [7, 11) is 0. The highest BCUT2D eigenvalue weighted by Crippen LogP contribution is 2.33. The normalized spacial score (nSPS) is 20.0. The molecule has 1 aromatic carbocycles. The van der Waals surface area contributed by atoms with Gasteiger partial charge in [0.1, 0.15) is 18.8 Å². The number of ether oxygens (including phenoxy) is 3. The highest BCUT2D eigenvalue weighted by Gasteiger charge is 2.32. The topological polar surface area (TPSA) is 89.1 Å². The van der Waals surface area contributed by atoms with Crippen molar-refractivity contribution in [1.29, 1.82) is 0 Å². The Bertz CT molecular complexity index is 549. The van der Waals surface area contributed by atoms with E-state index in [1.54, 1.807) is 25.1 Å². The molecule has 7 heteroatoms. The van der Waals surface area contributed by atoms with Crippen LogP contribution in [0, 0.1) is 0 Å². The molecule has 3 N–H and O–H groups in total. The quantitative estimate of drug-likeness (QED) is 0.765. The maximum atomic E-state index is 11.4. The van der Waals surface area contributed by atoms with Crippen LogP contribution in [0.3, 0.4) is 0 Å². The Balaban J connectivity index is 2.03. The minimum Gasteiger partial charge on any atom is -0.486 e. The monoisotopic (exact) mass is 324 g/mol. The van der Waals surface area contributed by atoms with Crippen LogP contribution in [-0.2, 0) is 4.74 Å². The van der Waals surface area contributed by atoms with Crippen LogP contribution in [0.4, 0.5) is 10.5 Å². The van der Waals surface area contributed by atoms with Crippen LogP contribution in [0.15, 0.2) is 18.2 Å². The van der Waals surface area contributed by atoms with Gasteiger partial charge in [-0.25, -0.2) is 4.79 Å². The molecule has 128 valence electrons. The fourth-order valence-electron chi connectivity index (χ4n) is 2.06. The molecule has 0 bridgehead atoms. The standard InChI is InChI=1S/C16H24N2O5/c1-4-21-15(19)18-12-5-6-13-14(7-12)23-10-16(20,9-22-13)8-17-11(2)3/h5-7,11,17,20H,4,8-10H2,1-3H3,(H,18,19). The molecular weight excluding hydrogens is 300 g/mol. The Hall–Kier alpha value is -1.99. The Labute approximate surface area is 135 Å². The first kappa shape index (κ1) is 17.4. The summed E-state index contributed by atoms with van der Waals surface area (Å²) in [5, 5.41) is 16.3. The van der Waals surface area contributed by atoms with Crippen molar-refractivity contribution in [3.63, 3.8) is 0 Å². The Morgan fingerprint density at radius 2 is 2.04 bits per heavy atom. The van der Waals surface area contributed by atoms with Crippen LogP contribution in [-0.4, -0.2) is 49.2 Å². The number of aliphatic hydroxyl groups is 1. The molecule has 0 radical (unpaired) electrons. The number of fused-ring (bicyclic) bond motifs is 1. The number of nitrogens with one attached hydrogen (secondary N) is 2. The molecule has 1 atom stereocenters. The van der Waals surface area contributed by atoms with E-state index in [9.17, 15) is 9.90 Å². The molecule has 0 spiro atoms. The summed E-state index contributed by atoms with van der Waals surface area (Å²) >= 11 is 0. The summed E-state index contributed by atoms with van der Waals surface area (Å²) < 4.78 is 16.1. The van der Waals surface area contributed by atoms with Crippen molar-refractivity contribution in [2.75, 3.05) is 31.7 Å². The van der Waals surface area contributed by atoms with Gasteiger partial charge in [0.25, 0.3) is 0 Å². The maximum Gasteiger partial charge on any atom is 0.411 e. The summed E-state index contributed by atoms with van der Waals surface area (Å²) in [5.41, 5.74) is -0.575. The second-order valence-electron chi connectivity index (χ2n) is 5.84. The zero-order valence-corrected chi connectivity index (χ0v) is 13.7. The summed E-state index contributed by atoms with van der Waals surface area (Å²) in [4.78, 5) is 11.4. The molecule has 0 saturated carbocycles. The third-order valence-corrected chi connectivity index (χ3v) is 3.30. The van der Waals surface area contributed by atoms with Crippen molar-refractivity contribution >= 4 is 11.8 Å². The first-order chi connectivity index (χ1) is 10.9. The minimum atomic E-state index is -1.11. The largest absolute Gasteiger partial charge is 0.486 e. The molecule has 0 aromatic heterocycles. The van der Waals surface area contributed by atoms with Gasteiger partial charge in [-0.15, -0.1) is 0 Å². The number of rotatable bonds is 5. The average Bonchev–Trinajstić information content (AvgIpc) is 2.66. The van der Waals surface area contributed by atoms with Crippen LogP contribution in [0.5, 0.6) is 11.5 Å². The number of carbonyl (C=O) groups is 1. The van der Waals surface area contributed by atoms with Crippen molar-refractivity contribution in [2.45, 2.75) is 32.4 Å². The Kier molecular flexibility index (Phi) is 5.68. The van der Waals surface area contributed by atoms with E-state index in [1.807, 2.05) is 13.8 Å². The summed E-state index contributed by atoms with van der Waals surface area (Å²) in [6.45, 7) is 6.64. The SMILES string of the molecule is CCOC(=O)Nc1ccc2c(c1)OCC(O)(CNC(C)C)CO2. The Morgan fingerprint density at radius 3 is 2.70 bits per heavy atom. The lowest BCUT2D eigenvalue weighted by molar-refractivity contribution is -0.0277. The highest BCUT2D eigenvalue weighted by molar-refractivity contribution is 5.85. The molecule has 0 fully saturated rings. The van der Waals surface area contributed by atoms with Gasteiger partial charge in [0.2, 0.25) is 0 Å². The smallest absolute Gasteiger partial charge is 0.411 e. The molecule has 1 aromatic rings. The first-order valence-corrected chi connectivity index (χ1v) is 7.71. The third-order valence-electron chi connectivity index (χ3n) is 3.30. The predicted molar refractivity (Wildman–Crippen MR) is 86.2 cm³/mol. The first-order valence-electron chi connectivity index (χ1n) is 7.71. The van der Waals surface area contributed by atoms with E-state index >= 15 is 0 Å². The minimum absolute atomic E-state index is 0.0998. The number of carbonyl (C=O) groups excluding carboxylic acids is 1. The fraction of sp³-hybridized carbons (Fsp3) is 0.562. The van der Waals surface area contributed by atoms with E-state index in [2.05, 4.69) is 10.6 Å². The van der Waals surface area contributed by atoms with Gasteiger partial charge in [-0.05, 0) is 19.1 Å². The molecule has 1 unspecified atom stereocenters. The zero-order valence-electron chi connectivity index (χ0n) is 13.7. The number of benzene rings is 1. The second-order valence-corrected chi connectivity index (χ2v) is 5.84. The number of hydrogen-bond acceptors (Lipinski definition) is 6. The Morgan fingerprint density at radius 1 is 1.35 bits per heavy atom. The van der Waals surface area contributed by atoms with Crippen LogP contribution in [0.2, 0.25) is 0 Å². The van der Waals surface area contributed by atoms with Crippen LogP contribution in [0.1, 0.15) is 20.8 Å². The lowest BCUT2D eigenvalue weighted by atomic mass is 10.1. The number of hydrogen-bond donors (Lipinski definition) is 3. The second kappa shape index (κ2) is 7.52. The van der Waals surface area contributed by atoms with Crippen LogP contribution < -0.4 is 20.1 Å². The molecule has 7 nitrogen and oxygen atoms in total. The lowest BCUT2D eigenvalue weighted by Gasteiger charge is -2.26. The predicted octanol–water partition coefficient (Wildman–Crippen LogP) is 1.76. The highest BCUT2D eigenvalue weighted by atomic mass is 16.6. The van der Waals surface area contributed by atoms with Crippen molar-refractivity contribution < 1.29 is 24.1 Å². The van der Waals surface area contributed by atoms with Gasteiger partial charge >= 0.3 is 6.09 Å². The van der Waals surface area contributed by atoms with E-state index in [-0.39, 0.29) is 19.3 Å². The molecule has 2 rings (SSSR count). The van der Waals surface area contributed by atoms with Crippen molar-refractivity contribution in [1.82, 2.24) is 5.32 Å². The summed E-state index contributed by atoms with van der Waals surface area (Å²) in [5.74, 6) is 1.000. The van der Waals surface area contributed by atoms with E-state index < -0.39 is 11.7 Å². The molecule has 0 saturated heterocycles. The molecule has 23 heavy (non-hydrogen) atoms. The number of anilines is 1. The molecule has 1 amide bonds. The summed E-state index contributed by atoms with van der Waals surface area (Å²) in [6.07, 6.45) is -0.528. The average molecular weight is 324 g/mol. The van der Waals surface area contributed by atoms with E-state index in [4.69, 9.17) is 14.2 Å². The molecular formula is C16H24N2O5. The maximum absolute atomic E-state index is 11.4. The van der Waals surface area contributed by atoms with E-state index in [0.29, 0.717) is 30.3 Å². The van der Waals surface area contributed by atoms with Gasteiger partial charge in [0.05, 0.1) is 6.61 Å². The van der Waals surface area contributed by atoms with Gasteiger partial charge < -0.3 is 24.6 Å². The molecule has 0 aliphatic carbocycles. The molecule has 1 aliphatic rings. The van der Waals surface area contributed by atoms with Crippen molar-refractivity contribution in [3.05, 3.63) is 18.2 Å². The van der Waals surface area contributed by atoms with Crippen LogP contribution in [0.25, 0.3) is 0 Å². The zero-order chi connectivity index (χ0) is 16.9. The van der Waals surface area contributed by atoms with Crippen LogP contribution >= 0.6 is 0 Å². The number of amides is 1. The third kappa shape index (κ3) is 5.01. The van der Waals surface area contributed by atoms with Gasteiger partial charge in [-0.1, -0.05) is 13.8 Å². The van der Waals surface area contributed by atoms with Crippen molar-refractivity contribution in [3.8, 4) is 11.5 Å². The lowest BCUT2D eigenvalue weighted by Crippen LogP contribution is -2.50. The van der Waals surface area contributed by atoms with Gasteiger partial charge in [0, 0.05) is 24.3 Å². The van der Waals surface area contributed by atoms with Gasteiger partial charge in [-0.3, -0.25) is 5.32 Å².